The van der Waals surface area contributed by atoms with Gasteiger partial charge in [-0.1, -0.05) is 42.1 Å². The molecule has 100 valence electrons. The Morgan fingerprint density at radius 2 is 1.44 bits per heavy atom. The van der Waals surface area contributed by atoms with E-state index in [9.17, 15) is 8.42 Å². The molecule has 0 aromatic heterocycles. The highest BCUT2D eigenvalue weighted by Gasteiger charge is 2.29. The van der Waals surface area contributed by atoms with Crippen LogP contribution in [0, 0.1) is 0 Å². The fourth-order valence-corrected chi connectivity index (χ4v) is 4.75. The molecule has 1 aliphatic heterocycles. The monoisotopic (exact) mass is 307 g/mol. The normalized spacial score (nSPS) is 18.6. The first-order chi connectivity index (χ1) is 8.53. The first-order valence-electron chi connectivity index (χ1n) is 5.97. The van der Waals surface area contributed by atoms with Gasteiger partial charge in [-0.2, -0.15) is 4.31 Å². The third-order valence-corrected chi connectivity index (χ3v) is 5.94. The van der Waals surface area contributed by atoms with Crippen molar-refractivity contribution in [1.29, 1.82) is 0 Å². The van der Waals surface area contributed by atoms with Crippen LogP contribution in [0.5, 0.6) is 0 Å². The van der Waals surface area contributed by atoms with Crippen LogP contribution in [0.25, 0.3) is 0 Å². The number of halogens is 2. The first-order valence-corrected chi connectivity index (χ1v) is 8.17. The molecule has 0 amide bonds. The lowest BCUT2D eigenvalue weighted by atomic mass is 10.2. The van der Waals surface area contributed by atoms with Gasteiger partial charge in [-0.05, 0) is 25.0 Å². The van der Waals surface area contributed by atoms with Crippen LogP contribution in [-0.2, 0) is 10.0 Å². The van der Waals surface area contributed by atoms with Crippen LogP contribution in [-0.4, -0.2) is 25.8 Å². The van der Waals surface area contributed by atoms with Crippen molar-refractivity contribution in [3.05, 3.63) is 28.2 Å². The molecular formula is C12H15Cl2NO2S. The Bertz CT molecular complexity index is 503. The SMILES string of the molecule is O=S(=O)(c1c(Cl)cccc1Cl)N1CCCCCC1. The summed E-state index contributed by atoms with van der Waals surface area (Å²) in [7, 11) is -3.58. The molecule has 0 radical (unpaired) electrons. The van der Waals surface area contributed by atoms with Gasteiger partial charge in [0.25, 0.3) is 0 Å². The number of benzene rings is 1. The van der Waals surface area contributed by atoms with E-state index in [2.05, 4.69) is 0 Å². The van der Waals surface area contributed by atoms with Gasteiger partial charge in [-0.25, -0.2) is 8.42 Å². The highest BCUT2D eigenvalue weighted by Crippen LogP contribution is 2.32. The van der Waals surface area contributed by atoms with Crippen molar-refractivity contribution < 1.29 is 8.42 Å². The van der Waals surface area contributed by atoms with E-state index in [1.807, 2.05) is 0 Å². The minimum absolute atomic E-state index is 0.0373. The second-order valence-corrected chi connectivity index (χ2v) is 7.06. The number of nitrogens with zero attached hydrogens (tertiary/aromatic N) is 1. The zero-order valence-corrected chi connectivity index (χ0v) is 12.2. The number of rotatable bonds is 2. The Morgan fingerprint density at radius 3 is 1.94 bits per heavy atom. The first kappa shape index (κ1) is 14.1. The lowest BCUT2D eigenvalue weighted by Gasteiger charge is -2.21. The molecule has 0 N–H and O–H groups in total. The molecule has 0 unspecified atom stereocenters. The Morgan fingerprint density at radius 1 is 0.944 bits per heavy atom. The fraction of sp³-hybridized carbons (Fsp3) is 0.500. The molecule has 6 heteroatoms. The summed E-state index contributed by atoms with van der Waals surface area (Å²) in [4.78, 5) is 0.0373. The molecule has 0 spiro atoms. The highest BCUT2D eigenvalue weighted by atomic mass is 35.5. The van der Waals surface area contributed by atoms with Crippen molar-refractivity contribution >= 4 is 33.2 Å². The fourth-order valence-electron chi connectivity index (χ4n) is 2.14. The van der Waals surface area contributed by atoms with E-state index in [0.29, 0.717) is 13.1 Å². The molecule has 0 saturated carbocycles. The summed E-state index contributed by atoms with van der Waals surface area (Å²) in [6, 6.07) is 4.75. The maximum absolute atomic E-state index is 12.5. The van der Waals surface area contributed by atoms with Crippen LogP contribution in [0.15, 0.2) is 23.1 Å². The zero-order valence-electron chi connectivity index (χ0n) is 9.90. The van der Waals surface area contributed by atoms with Gasteiger partial charge in [-0.15, -0.1) is 0 Å². The van der Waals surface area contributed by atoms with Crippen molar-refractivity contribution in [2.24, 2.45) is 0 Å². The van der Waals surface area contributed by atoms with Gasteiger partial charge in [0.15, 0.2) is 0 Å². The molecule has 0 atom stereocenters. The third-order valence-electron chi connectivity index (χ3n) is 3.08. The van der Waals surface area contributed by atoms with E-state index in [-0.39, 0.29) is 14.9 Å². The quantitative estimate of drug-likeness (QED) is 0.838. The summed E-state index contributed by atoms with van der Waals surface area (Å²) in [5.41, 5.74) is 0. The molecule has 1 aromatic rings. The highest BCUT2D eigenvalue weighted by molar-refractivity contribution is 7.89. The molecular weight excluding hydrogens is 293 g/mol. The zero-order chi connectivity index (χ0) is 13.2. The van der Waals surface area contributed by atoms with Gasteiger partial charge in [0, 0.05) is 13.1 Å². The van der Waals surface area contributed by atoms with Crippen molar-refractivity contribution in [3.63, 3.8) is 0 Å². The Kier molecular flexibility index (Phi) is 4.54. The second-order valence-electron chi connectivity index (χ2n) is 4.37. The topological polar surface area (TPSA) is 37.4 Å². The number of sulfonamides is 1. The van der Waals surface area contributed by atoms with Crippen LogP contribution >= 0.6 is 23.2 Å². The molecule has 18 heavy (non-hydrogen) atoms. The third kappa shape index (κ3) is 2.82. The lowest BCUT2D eigenvalue weighted by molar-refractivity contribution is 0.424. The predicted octanol–water partition coefficient (Wildman–Crippen LogP) is 3.56. The summed E-state index contributed by atoms with van der Waals surface area (Å²) in [5.74, 6) is 0. The standard InChI is InChI=1S/C12H15Cl2NO2S/c13-10-6-5-7-11(14)12(10)18(16,17)15-8-3-1-2-4-9-15/h5-7H,1-4,8-9H2. The van der Waals surface area contributed by atoms with Gasteiger partial charge in [-0.3, -0.25) is 0 Å². The van der Waals surface area contributed by atoms with Gasteiger partial charge in [0.1, 0.15) is 4.90 Å². The van der Waals surface area contributed by atoms with Gasteiger partial charge < -0.3 is 0 Å². The van der Waals surface area contributed by atoms with Crippen LogP contribution in [0.2, 0.25) is 10.0 Å². The molecule has 1 saturated heterocycles. The molecule has 0 bridgehead atoms. The smallest absolute Gasteiger partial charge is 0.207 e. The minimum atomic E-state index is -3.58. The lowest BCUT2D eigenvalue weighted by Crippen LogP contribution is -2.32. The molecule has 1 aliphatic rings. The summed E-state index contributed by atoms with van der Waals surface area (Å²) in [5, 5.41) is 0.374. The van der Waals surface area contributed by atoms with E-state index in [4.69, 9.17) is 23.2 Å². The second kappa shape index (κ2) is 5.78. The van der Waals surface area contributed by atoms with E-state index < -0.39 is 10.0 Å². The Hall–Kier alpha value is -0.290. The van der Waals surface area contributed by atoms with Crippen LogP contribution in [0.3, 0.4) is 0 Å². The van der Waals surface area contributed by atoms with Crippen molar-refractivity contribution in [2.45, 2.75) is 30.6 Å². The summed E-state index contributed by atoms with van der Waals surface area (Å²) in [6.07, 6.45) is 3.92. The number of hydrogen-bond acceptors (Lipinski definition) is 2. The molecule has 2 rings (SSSR count). The Balaban J connectivity index is 2.41. The predicted molar refractivity (Wildman–Crippen MR) is 73.7 cm³/mol. The average molecular weight is 308 g/mol. The Labute approximate surface area is 118 Å². The molecule has 0 aliphatic carbocycles. The largest absolute Gasteiger partial charge is 0.246 e. The average Bonchev–Trinajstić information content (AvgIpc) is 2.57. The molecule has 1 heterocycles. The summed E-state index contributed by atoms with van der Waals surface area (Å²) >= 11 is 12.0. The van der Waals surface area contributed by atoms with Gasteiger partial charge >= 0.3 is 0 Å². The summed E-state index contributed by atoms with van der Waals surface area (Å²) < 4.78 is 26.6. The van der Waals surface area contributed by atoms with E-state index >= 15 is 0 Å². The molecule has 1 aromatic carbocycles. The van der Waals surface area contributed by atoms with Gasteiger partial charge in [0.05, 0.1) is 10.0 Å². The maximum atomic E-state index is 12.5. The van der Waals surface area contributed by atoms with Crippen LogP contribution in [0.4, 0.5) is 0 Å². The van der Waals surface area contributed by atoms with E-state index in [0.717, 1.165) is 25.7 Å². The van der Waals surface area contributed by atoms with Crippen molar-refractivity contribution in [2.75, 3.05) is 13.1 Å². The summed E-state index contributed by atoms with van der Waals surface area (Å²) in [6.45, 7) is 1.09. The molecule has 1 fully saturated rings. The van der Waals surface area contributed by atoms with E-state index in [1.165, 1.54) is 4.31 Å². The van der Waals surface area contributed by atoms with Crippen LogP contribution < -0.4 is 0 Å². The van der Waals surface area contributed by atoms with Crippen molar-refractivity contribution in [1.82, 2.24) is 4.31 Å². The molecule has 3 nitrogen and oxygen atoms in total. The van der Waals surface area contributed by atoms with Crippen molar-refractivity contribution in [3.8, 4) is 0 Å². The maximum Gasteiger partial charge on any atom is 0.246 e. The number of hydrogen-bond donors (Lipinski definition) is 0. The van der Waals surface area contributed by atoms with E-state index in [1.54, 1.807) is 18.2 Å². The van der Waals surface area contributed by atoms with Crippen LogP contribution in [0.1, 0.15) is 25.7 Å². The minimum Gasteiger partial charge on any atom is -0.207 e. The van der Waals surface area contributed by atoms with Gasteiger partial charge in [0.2, 0.25) is 10.0 Å².